The second kappa shape index (κ2) is 30.8. The predicted octanol–water partition coefficient (Wildman–Crippen LogP) is -8.16. The SMILES string of the molecule is CSCC[C@H](NC(=O)[C@H](CCC(=O)O)NC(=O)[C@H](CCC(=O)O)NC(=O)C1(O)C[C@@H](O)C(O)[C@H](O)C1)C(=O)N[C@@H](CCC(N)=O)C(=O)N[C@@H](CCCN=C(N)N)C(=O)N[C@@H](CCCN=C(N)N)C(N)=O. The maximum absolute atomic E-state index is 14.0. The number of nitrogens with two attached hydrogens (primary N) is 6. The average Bonchev–Trinajstić information content (AvgIpc) is 3.26. The highest BCUT2D eigenvalue weighted by Crippen LogP contribution is 2.30. The minimum atomic E-state index is -2.56. The highest BCUT2D eigenvalue weighted by molar-refractivity contribution is 7.98. The molecule has 8 atom stereocenters. The highest BCUT2D eigenvalue weighted by atomic mass is 32.2. The summed E-state index contributed by atoms with van der Waals surface area (Å²) in [4.78, 5) is 137. The molecule has 0 radical (unpaired) electrons. The van der Waals surface area contributed by atoms with Crippen LogP contribution in [-0.2, 0) is 47.9 Å². The van der Waals surface area contributed by atoms with Gasteiger partial charge in [0.05, 0.1) is 12.2 Å². The third kappa shape index (κ3) is 23.2. The number of carboxylic acid groups (broad SMARTS) is 2. The van der Waals surface area contributed by atoms with Crippen LogP contribution >= 0.6 is 11.8 Å². The largest absolute Gasteiger partial charge is 0.481 e. The summed E-state index contributed by atoms with van der Waals surface area (Å²) < 4.78 is 0. The number of hydrogen-bond donors (Lipinski definition) is 18. The minimum absolute atomic E-state index is 0.00487. The number of guanidine groups is 2. The number of primary amides is 2. The Morgan fingerprint density at radius 1 is 0.543 bits per heavy atom. The second-order valence-corrected chi connectivity index (χ2v) is 17.3. The van der Waals surface area contributed by atoms with Gasteiger partial charge in [-0.15, -0.1) is 0 Å². The van der Waals surface area contributed by atoms with E-state index in [4.69, 9.17) is 34.4 Å². The van der Waals surface area contributed by atoms with Crippen LogP contribution < -0.4 is 66.3 Å². The fraction of sp³-hybridized carbons (Fsp3) is 0.692. The molecule has 1 aliphatic rings. The topological polar surface area (TPSA) is 545 Å². The van der Waals surface area contributed by atoms with Gasteiger partial charge in [0.25, 0.3) is 5.91 Å². The predicted molar refractivity (Wildman–Crippen MR) is 248 cm³/mol. The van der Waals surface area contributed by atoms with Gasteiger partial charge in [-0.2, -0.15) is 11.8 Å². The summed E-state index contributed by atoms with van der Waals surface area (Å²) in [6, 6.07) is -9.47. The molecule has 0 aromatic carbocycles. The molecule has 0 spiro atoms. The number of hydrogen-bond acceptors (Lipinski definition) is 17. The van der Waals surface area contributed by atoms with Gasteiger partial charge in [-0.1, -0.05) is 0 Å². The first-order valence-electron chi connectivity index (χ1n) is 21.9. The zero-order valence-corrected chi connectivity index (χ0v) is 39.4. The van der Waals surface area contributed by atoms with Gasteiger partial charge in [-0.05, 0) is 63.4 Å². The lowest BCUT2D eigenvalue weighted by molar-refractivity contribution is -0.173. The first kappa shape index (κ1) is 61.4. The monoisotopic (exact) mass is 1020 g/mol. The normalized spacial score (nSPS) is 20.0. The summed E-state index contributed by atoms with van der Waals surface area (Å²) in [6.07, 6.45) is -8.94. The van der Waals surface area contributed by atoms with Crippen molar-refractivity contribution in [3.63, 3.8) is 0 Å². The Morgan fingerprint density at radius 3 is 1.24 bits per heavy atom. The molecule has 396 valence electrons. The van der Waals surface area contributed by atoms with Gasteiger partial charge in [-0.25, -0.2) is 0 Å². The molecule has 0 heterocycles. The van der Waals surface area contributed by atoms with E-state index in [9.17, 15) is 78.6 Å². The Morgan fingerprint density at radius 2 is 0.886 bits per heavy atom. The maximum Gasteiger partial charge on any atom is 0.303 e. The van der Waals surface area contributed by atoms with Crippen molar-refractivity contribution in [2.24, 2.45) is 44.4 Å². The molecule has 30 nitrogen and oxygen atoms in total. The summed E-state index contributed by atoms with van der Waals surface area (Å²) in [6.45, 7) is 0.0846. The molecule has 0 saturated heterocycles. The number of aliphatic imine (C=N–C) groups is 2. The van der Waals surface area contributed by atoms with Crippen molar-refractivity contribution in [3.8, 4) is 0 Å². The molecule has 70 heavy (non-hydrogen) atoms. The number of amides is 8. The number of carbonyl (C=O) groups is 10. The Bertz CT molecular complexity index is 1890. The fourth-order valence-electron chi connectivity index (χ4n) is 6.81. The summed E-state index contributed by atoms with van der Waals surface area (Å²) in [5, 5.41) is 73.9. The average molecular weight is 1020 g/mol. The molecular weight excluding hydrogens is 953 g/mol. The highest BCUT2D eigenvalue weighted by Gasteiger charge is 2.49. The number of rotatable bonds is 33. The van der Waals surface area contributed by atoms with Crippen LogP contribution in [0.25, 0.3) is 0 Å². The minimum Gasteiger partial charge on any atom is -0.481 e. The summed E-state index contributed by atoms with van der Waals surface area (Å²) in [7, 11) is 0. The maximum atomic E-state index is 14.0. The van der Waals surface area contributed by atoms with Crippen molar-refractivity contribution in [1.29, 1.82) is 0 Å². The van der Waals surface area contributed by atoms with E-state index in [2.05, 4.69) is 41.9 Å². The Kier molecular flexibility index (Phi) is 27.1. The van der Waals surface area contributed by atoms with Gasteiger partial charge in [-0.3, -0.25) is 57.9 Å². The van der Waals surface area contributed by atoms with Crippen LogP contribution in [0.15, 0.2) is 9.98 Å². The standard InChI is InChI=1S/C39H68N14O16S/c1-70-15-12-23(52-33(65)21(7-10-27(57)58)51-34(66)22(8-11-28(59)60)53-36(68)39(69)16-24(54)29(61)25(55)17-39)35(67)50-20(6-9-26(40)56)32(64)49-19(5-3-14-47-38(44)45)31(63)48-18(30(41)62)4-2-13-46-37(42)43/h18-25,29,54-55,61,69H,2-17H2,1H3,(H2,40,56)(H2,41,62)(H,48,63)(H,49,64)(H,50,67)(H,51,66)(H,52,65)(H,53,68)(H,57,58)(H,59,60)(H4,42,43,46)(H4,44,45,47)/t18-,19-,20-,21-,22-,23-,24+,25+,29?,39?/m0/s1. The van der Waals surface area contributed by atoms with E-state index in [1.54, 1.807) is 6.26 Å². The van der Waals surface area contributed by atoms with Crippen molar-refractivity contribution in [3.05, 3.63) is 0 Å². The van der Waals surface area contributed by atoms with Crippen molar-refractivity contribution < 1.29 is 78.6 Å². The van der Waals surface area contributed by atoms with E-state index in [1.165, 1.54) is 11.8 Å². The number of aliphatic hydroxyl groups excluding tert-OH is 3. The Hall–Kier alpha value is -6.57. The first-order valence-corrected chi connectivity index (χ1v) is 23.3. The zero-order chi connectivity index (χ0) is 53.3. The summed E-state index contributed by atoms with van der Waals surface area (Å²) >= 11 is 1.22. The van der Waals surface area contributed by atoms with Gasteiger partial charge < -0.3 is 96.9 Å². The quantitative estimate of drug-likeness (QED) is 0.0165. The van der Waals surface area contributed by atoms with Crippen LogP contribution in [0.2, 0.25) is 0 Å². The second-order valence-electron chi connectivity index (χ2n) is 16.3. The summed E-state index contributed by atoms with van der Waals surface area (Å²) in [5.74, 6) is -11.7. The zero-order valence-electron chi connectivity index (χ0n) is 38.5. The number of carboxylic acids is 2. The molecule has 0 aromatic rings. The molecule has 1 rings (SSSR count). The molecule has 0 unspecified atom stereocenters. The fourth-order valence-corrected chi connectivity index (χ4v) is 7.28. The van der Waals surface area contributed by atoms with Crippen molar-refractivity contribution >= 4 is 82.9 Å². The van der Waals surface area contributed by atoms with Crippen molar-refractivity contribution in [2.75, 3.05) is 25.1 Å². The lowest BCUT2D eigenvalue weighted by Crippen LogP contribution is -2.62. The number of aliphatic hydroxyl groups is 4. The van der Waals surface area contributed by atoms with Crippen molar-refractivity contribution in [2.45, 2.75) is 144 Å². The van der Waals surface area contributed by atoms with Crippen LogP contribution in [0.1, 0.15) is 83.5 Å². The molecule has 0 aromatic heterocycles. The van der Waals surface area contributed by atoms with E-state index < -0.39 is 171 Å². The van der Waals surface area contributed by atoms with Gasteiger partial charge in [0, 0.05) is 45.2 Å². The number of nitrogens with one attached hydrogen (secondary N) is 6. The smallest absolute Gasteiger partial charge is 0.303 e. The number of nitrogens with zero attached hydrogens (tertiary/aromatic N) is 2. The van der Waals surface area contributed by atoms with E-state index >= 15 is 0 Å². The van der Waals surface area contributed by atoms with Gasteiger partial charge in [0.1, 0.15) is 48.0 Å². The number of carbonyl (C=O) groups excluding carboxylic acids is 8. The van der Waals surface area contributed by atoms with Crippen LogP contribution in [0.5, 0.6) is 0 Å². The lowest BCUT2D eigenvalue weighted by atomic mass is 9.79. The van der Waals surface area contributed by atoms with Crippen LogP contribution in [0.4, 0.5) is 0 Å². The van der Waals surface area contributed by atoms with Crippen LogP contribution in [0.3, 0.4) is 0 Å². The van der Waals surface area contributed by atoms with E-state index in [1.807, 2.05) is 0 Å². The molecule has 8 amide bonds. The van der Waals surface area contributed by atoms with Gasteiger partial charge in [0.15, 0.2) is 11.9 Å². The molecule has 31 heteroatoms. The molecule has 1 saturated carbocycles. The molecular formula is C39H68N14O16S. The number of aliphatic carboxylic acids is 2. The van der Waals surface area contributed by atoms with E-state index in [-0.39, 0.29) is 62.9 Å². The molecule has 24 N–H and O–H groups in total. The van der Waals surface area contributed by atoms with Crippen LogP contribution in [-0.4, -0.2) is 187 Å². The summed E-state index contributed by atoms with van der Waals surface area (Å²) in [5.41, 5.74) is 29.8. The third-order valence-electron chi connectivity index (χ3n) is 10.6. The van der Waals surface area contributed by atoms with E-state index in [0.717, 1.165) is 0 Å². The molecule has 1 aliphatic carbocycles. The van der Waals surface area contributed by atoms with Crippen LogP contribution in [0, 0.1) is 0 Å². The third-order valence-corrected chi connectivity index (χ3v) is 11.2. The first-order chi connectivity index (χ1) is 32.7. The van der Waals surface area contributed by atoms with E-state index in [0.29, 0.717) is 0 Å². The van der Waals surface area contributed by atoms with Gasteiger partial charge in [0.2, 0.25) is 41.4 Å². The molecule has 1 fully saturated rings. The Labute approximate surface area is 405 Å². The molecule has 0 bridgehead atoms. The lowest BCUT2D eigenvalue weighted by Gasteiger charge is -2.39. The molecule has 0 aliphatic heterocycles. The Balaban J connectivity index is 3.49. The van der Waals surface area contributed by atoms with Crippen molar-refractivity contribution in [1.82, 2.24) is 31.9 Å². The number of thioether (sulfide) groups is 1. The van der Waals surface area contributed by atoms with Gasteiger partial charge >= 0.3 is 11.9 Å².